The van der Waals surface area contributed by atoms with Gasteiger partial charge in [-0.15, -0.1) is 0 Å². The lowest BCUT2D eigenvalue weighted by Gasteiger charge is -2.22. The molecule has 3 atom stereocenters. The van der Waals surface area contributed by atoms with Gasteiger partial charge in [0, 0.05) is 23.2 Å². The van der Waals surface area contributed by atoms with Crippen LogP contribution < -0.4 is 11.5 Å². The van der Waals surface area contributed by atoms with E-state index in [9.17, 15) is 0 Å². The highest BCUT2D eigenvalue weighted by Gasteiger charge is 2.18. The first-order valence-corrected chi connectivity index (χ1v) is 23.9. The van der Waals surface area contributed by atoms with Crippen LogP contribution in [0.15, 0.2) is 97.1 Å². The molecule has 0 aliphatic rings. The Morgan fingerprint density at radius 3 is 0.965 bits per heavy atom. The Morgan fingerprint density at radius 1 is 0.316 bits per heavy atom. The van der Waals surface area contributed by atoms with Gasteiger partial charge in [-0.05, 0) is 89.2 Å². The average Bonchev–Trinajstić information content (AvgIpc) is 3.23. The average molecular weight is 771 g/mol. The van der Waals surface area contributed by atoms with Crippen molar-refractivity contribution >= 4 is 11.4 Å². The summed E-state index contributed by atoms with van der Waals surface area (Å²) in [5.41, 5.74) is 22.5. The maximum atomic E-state index is 6.12. The summed E-state index contributed by atoms with van der Waals surface area (Å²) in [4.78, 5) is 0. The fourth-order valence-electron chi connectivity index (χ4n) is 9.09. The van der Waals surface area contributed by atoms with Gasteiger partial charge in [0.15, 0.2) is 0 Å². The fraction of sp³-hybridized carbons (Fsp3) is 0.564. The van der Waals surface area contributed by atoms with Gasteiger partial charge in [0.25, 0.3) is 0 Å². The molecule has 4 N–H and O–H groups in total. The maximum Gasteiger partial charge on any atom is 0.0314 e. The molecule has 0 radical (unpaired) electrons. The van der Waals surface area contributed by atoms with Crippen LogP contribution in [-0.4, -0.2) is 0 Å². The van der Waals surface area contributed by atoms with E-state index < -0.39 is 0 Å². The molecule has 0 saturated carbocycles. The van der Waals surface area contributed by atoms with Crippen molar-refractivity contribution in [1.29, 1.82) is 0 Å². The van der Waals surface area contributed by atoms with Crippen molar-refractivity contribution in [2.45, 2.75) is 199 Å². The van der Waals surface area contributed by atoms with Gasteiger partial charge in [0.05, 0.1) is 0 Å². The first kappa shape index (κ1) is 46.2. The molecule has 312 valence electrons. The summed E-state index contributed by atoms with van der Waals surface area (Å²) in [6, 6.07) is 36.7. The second-order valence-corrected chi connectivity index (χ2v) is 17.5. The molecule has 0 aromatic heterocycles. The van der Waals surface area contributed by atoms with Crippen LogP contribution in [0, 0.1) is 0 Å². The van der Waals surface area contributed by atoms with Gasteiger partial charge in [-0.2, -0.15) is 0 Å². The molecule has 0 heterocycles. The lowest BCUT2D eigenvalue weighted by atomic mass is 9.83. The summed E-state index contributed by atoms with van der Waals surface area (Å²) >= 11 is 0. The largest absolute Gasteiger partial charge is 0.399 e. The number of hydrogen-bond acceptors (Lipinski definition) is 2. The standard InChI is InChI=1S/C55H82N2/c1-4-7-9-11-13-15-17-19-21-23-26-54(49-36-40-52(56)41-37-49)47-30-28-45(29-31-47)44-51(25-6-3)46-32-34-48(35-33-46)55(50-38-42-53(57)43-39-50)27-24-22-20-18-16-14-12-10-8-5-2/h28-43,51,54-55H,4-27,44,56-57H2,1-3H3. The summed E-state index contributed by atoms with van der Waals surface area (Å²) in [5.74, 6) is 1.36. The van der Waals surface area contributed by atoms with Crippen LogP contribution in [0.2, 0.25) is 0 Å². The van der Waals surface area contributed by atoms with Gasteiger partial charge in [-0.3, -0.25) is 0 Å². The highest BCUT2D eigenvalue weighted by atomic mass is 14.5. The third kappa shape index (κ3) is 17.5. The van der Waals surface area contributed by atoms with Crippen LogP contribution in [0.3, 0.4) is 0 Å². The fourth-order valence-corrected chi connectivity index (χ4v) is 9.09. The molecule has 4 aromatic carbocycles. The van der Waals surface area contributed by atoms with Crippen LogP contribution >= 0.6 is 0 Å². The number of benzene rings is 4. The van der Waals surface area contributed by atoms with Crippen LogP contribution in [0.25, 0.3) is 0 Å². The number of nitrogens with two attached hydrogens (primary N) is 2. The predicted molar refractivity (Wildman–Crippen MR) is 253 cm³/mol. The van der Waals surface area contributed by atoms with Crippen molar-refractivity contribution in [3.8, 4) is 0 Å². The third-order valence-electron chi connectivity index (χ3n) is 12.7. The Morgan fingerprint density at radius 2 is 0.614 bits per heavy atom. The van der Waals surface area contributed by atoms with Crippen molar-refractivity contribution in [3.05, 3.63) is 130 Å². The molecule has 4 rings (SSSR count). The molecule has 0 spiro atoms. The van der Waals surface area contributed by atoms with Crippen LogP contribution in [-0.2, 0) is 6.42 Å². The zero-order valence-corrected chi connectivity index (χ0v) is 36.8. The first-order chi connectivity index (χ1) is 28.0. The number of hydrogen-bond donors (Lipinski definition) is 2. The van der Waals surface area contributed by atoms with Crippen LogP contribution in [0.5, 0.6) is 0 Å². The highest BCUT2D eigenvalue weighted by molar-refractivity contribution is 5.44. The molecule has 0 aliphatic carbocycles. The minimum Gasteiger partial charge on any atom is -0.399 e. The molecule has 57 heavy (non-hydrogen) atoms. The number of nitrogen functional groups attached to an aromatic ring is 2. The minimum absolute atomic E-state index is 0.417. The molecule has 0 saturated heterocycles. The van der Waals surface area contributed by atoms with Crippen LogP contribution in [0.4, 0.5) is 11.4 Å². The molecule has 4 aromatic rings. The van der Waals surface area contributed by atoms with Crippen molar-refractivity contribution < 1.29 is 0 Å². The second-order valence-electron chi connectivity index (χ2n) is 17.5. The molecular formula is C55H82N2. The van der Waals surface area contributed by atoms with Gasteiger partial charge in [0.1, 0.15) is 0 Å². The zero-order valence-electron chi connectivity index (χ0n) is 36.8. The van der Waals surface area contributed by atoms with Gasteiger partial charge >= 0.3 is 0 Å². The summed E-state index contributed by atoms with van der Waals surface area (Å²) in [7, 11) is 0. The Hall–Kier alpha value is -3.52. The van der Waals surface area contributed by atoms with E-state index in [-0.39, 0.29) is 0 Å². The van der Waals surface area contributed by atoms with Gasteiger partial charge in [0.2, 0.25) is 0 Å². The van der Waals surface area contributed by atoms with E-state index in [1.54, 1.807) is 0 Å². The third-order valence-corrected chi connectivity index (χ3v) is 12.7. The normalized spacial score (nSPS) is 13.1. The van der Waals surface area contributed by atoms with E-state index >= 15 is 0 Å². The predicted octanol–water partition coefficient (Wildman–Crippen LogP) is 16.9. The zero-order chi connectivity index (χ0) is 40.3. The highest BCUT2D eigenvalue weighted by Crippen LogP contribution is 2.35. The topological polar surface area (TPSA) is 52.0 Å². The van der Waals surface area contributed by atoms with Gasteiger partial charge in [-0.1, -0.05) is 228 Å². The number of unbranched alkanes of at least 4 members (excludes halogenated alkanes) is 18. The molecule has 2 heteroatoms. The van der Waals surface area contributed by atoms with Crippen molar-refractivity contribution in [3.63, 3.8) is 0 Å². The van der Waals surface area contributed by atoms with Gasteiger partial charge < -0.3 is 11.5 Å². The van der Waals surface area contributed by atoms with Crippen molar-refractivity contribution in [2.75, 3.05) is 11.5 Å². The van der Waals surface area contributed by atoms with E-state index in [0.717, 1.165) is 17.8 Å². The Kier molecular flexibility index (Phi) is 22.7. The van der Waals surface area contributed by atoms with E-state index in [0.29, 0.717) is 17.8 Å². The Labute approximate surface area is 351 Å². The van der Waals surface area contributed by atoms with Gasteiger partial charge in [-0.25, -0.2) is 0 Å². The summed E-state index contributed by atoms with van der Waals surface area (Å²) in [5, 5.41) is 0. The lowest BCUT2D eigenvalue weighted by Crippen LogP contribution is -2.06. The molecule has 0 fully saturated rings. The van der Waals surface area contributed by atoms with E-state index in [2.05, 4.69) is 118 Å². The number of anilines is 2. The molecular weight excluding hydrogens is 689 g/mol. The Bertz CT molecular complexity index is 1550. The van der Waals surface area contributed by atoms with Crippen molar-refractivity contribution in [1.82, 2.24) is 0 Å². The van der Waals surface area contributed by atoms with Crippen molar-refractivity contribution in [2.24, 2.45) is 0 Å². The monoisotopic (exact) mass is 771 g/mol. The number of rotatable bonds is 31. The first-order valence-electron chi connectivity index (χ1n) is 23.9. The smallest absolute Gasteiger partial charge is 0.0314 e. The summed E-state index contributed by atoms with van der Waals surface area (Å²) < 4.78 is 0. The molecule has 3 unspecified atom stereocenters. The molecule has 0 bridgehead atoms. The summed E-state index contributed by atoms with van der Waals surface area (Å²) in [6.07, 6.45) is 33.3. The summed E-state index contributed by atoms with van der Waals surface area (Å²) in [6.45, 7) is 6.93. The second kappa shape index (κ2) is 28.0. The SMILES string of the molecule is CCCCCCCCCCCCC(c1ccc(N)cc1)c1ccc(CC(CCC)c2ccc(C(CCCCCCCCCCCC)c3ccc(N)cc3)cc2)cc1. The van der Waals surface area contributed by atoms with E-state index in [1.807, 2.05) is 0 Å². The maximum absolute atomic E-state index is 6.12. The van der Waals surface area contributed by atoms with Crippen LogP contribution in [0.1, 0.15) is 226 Å². The quantitative estimate of drug-likeness (QED) is 0.0395. The van der Waals surface area contributed by atoms with E-state index in [1.165, 1.54) is 187 Å². The molecule has 0 aliphatic heterocycles. The molecule has 0 amide bonds. The Balaban J connectivity index is 1.35. The lowest BCUT2D eigenvalue weighted by molar-refractivity contribution is 0.540. The molecule has 2 nitrogen and oxygen atoms in total. The van der Waals surface area contributed by atoms with E-state index in [4.69, 9.17) is 11.5 Å². The minimum atomic E-state index is 0.417.